The van der Waals surface area contributed by atoms with E-state index in [1.165, 1.54) is 32.1 Å². The molecule has 0 fully saturated rings. The number of nitrogens with one attached hydrogen (secondary N) is 1. The number of dihydropyridines is 1. The van der Waals surface area contributed by atoms with Gasteiger partial charge in [0.15, 0.2) is 12.5 Å². The smallest absolute Gasteiger partial charge is 0.446 e. The van der Waals surface area contributed by atoms with Gasteiger partial charge in [-0.1, -0.05) is 0 Å². The monoisotopic (exact) mass is 415 g/mol. The van der Waals surface area contributed by atoms with Crippen LogP contribution in [0, 0.1) is 5.92 Å². The van der Waals surface area contributed by atoms with E-state index < -0.39 is 30.3 Å². The number of rotatable bonds is 7. The minimum Gasteiger partial charge on any atom is -0.497 e. The van der Waals surface area contributed by atoms with E-state index in [9.17, 15) is 14.4 Å². The Morgan fingerprint density at radius 2 is 2.03 bits per heavy atom. The average molecular weight is 415 g/mol. The van der Waals surface area contributed by atoms with Gasteiger partial charge in [0, 0.05) is 12.1 Å². The van der Waals surface area contributed by atoms with Crippen molar-refractivity contribution in [3.8, 4) is 11.5 Å². The molecule has 0 radical (unpaired) electrons. The number of benzene rings is 1. The number of imide groups is 1. The molecular weight excluding hydrogens is 392 g/mol. The Labute approximate surface area is 173 Å². The number of carbonyl (C=O) groups is 3. The second kappa shape index (κ2) is 8.76. The molecule has 1 aromatic rings. The second-order valence-electron chi connectivity index (χ2n) is 6.45. The zero-order valence-electron chi connectivity index (χ0n) is 17.2. The van der Waals surface area contributed by atoms with Crippen LogP contribution in [0.1, 0.15) is 6.92 Å². The van der Waals surface area contributed by atoms with Gasteiger partial charge in [0.05, 0.1) is 33.6 Å². The van der Waals surface area contributed by atoms with Crippen LogP contribution in [0.4, 0.5) is 10.5 Å². The quantitative estimate of drug-likeness (QED) is 0.672. The summed E-state index contributed by atoms with van der Waals surface area (Å²) in [6.45, 7) is 1.68. The maximum absolute atomic E-state index is 13.0. The molecule has 0 spiro atoms. The van der Waals surface area contributed by atoms with Crippen LogP contribution >= 0.6 is 0 Å². The predicted octanol–water partition coefficient (Wildman–Crippen LogP) is 1.27. The van der Waals surface area contributed by atoms with Crippen molar-refractivity contribution in [3.05, 3.63) is 30.0 Å². The Balaban J connectivity index is 1.81. The molecular formula is C20H23N4O6+. The Hall–Kier alpha value is -3.69. The molecule has 10 heteroatoms. The molecule has 0 aliphatic carbocycles. The Bertz CT molecular complexity index is 982. The Morgan fingerprint density at radius 1 is 1.27 bits per heavy atom. The van der Waals surface area contributed by atoms with E-state index in [1.54, 1.807) is 31.2 Å². The molecule has 2 aliphatic rings. The molecule has 0 saturated carbocycles. The fourth-order valence-corrected chi connectivity index (χ4v) is 3.21. The van der Waals surface area contributed by atoms with Gasteiger partial charge < -0.3 is 19.5 Å². The summed E-state index contributed by atoms with van der Waals surface area (Å²) in [5.41, 5.74) is 0.387. The van der Waals surface area contributed by atoms with Crippen molar-refractivity contribution in [2.24, 2.45) is 10.9 Å². The third kappa shape index (κ3) is 3.88. The number of methoxy groups -OCH3 is 2. The maximum Gasteiger partial charge on any atom is 0.446 e. The summed E-state index contributed by atoms with van der Waals surface area (Å²) in [5.74, 6) is -0.404. The van der Waals surface area contributed by atoms with Crippen molar-refractivity contribution >= 4 is 35.6 Å². The zero-order valence-corrected chi connectivity index (χ0v) is 17.2. The van der Waals surface area contributed by atoms with Crippen LogP contribution in [-0.2, 0) is 14.3 Å². The van der Waals surface area contributed by atoms with Crippen molar-refractivity contribution in [1.29, 1.82) is 0 Å². The molecule has 30 heavy (non-hydrogen) atoms. The van der Waals surface area contributed by atoms with Gasteiger partial charge in [-0.2, -0.15) is 9.48 Å². The van der Waals surface area contributed by atoms with Gasteiger partial charge in [-0.05, 0) is 19.1 Å². The minimum absolute atomic E-state index is 0.268. The van der Waals surface area contributed by atoms with Crippen LogP contribution in [0.2, 0.25) is 0 Å². The van der Waals surface area contributed by atoms with Gasteiger partial charge in [0.25, 0.3) is 11.7 Å². The first-order chi connectivity index (χ1) is 14.4. The number of carbonyl (C=O) groups excluding carboxylic acids is 3. The van der Waals surface area contributed by atoms with Crippen LogP contribution < -0.4 is 14.8 Å². The molecule has 4 amide bonds. The van der Waals surface area contributed by atoms with Crippen LogP contribution in [0.5, 0.6) is 11.5 Å². The largest absolute Gasteiger partial charge is 0.497 e. The number of urea groups is 1. The first-order valence-corrected chi connectivity index (χ1v) is 9.26. The van der Waals surface area contributed by atoms with E-state index in [1.807, 2.05) is 0 Å². The highest BCUT2D eigenvalue weighted by molar-refractivity contribution is 6.16. The Morgan fingerprint density at radius 3 is 2.70 bits per heavy atom. The van der Waals surface area contributed by atoms with E-state index in [0.29, 0.717) is 29.6 Å². The SMILES string of the molecule is CCOC1=CC=NC2=[N+](C)C(=O)N(CC(=O)Nc3ccc(OC)cc3OC)C(=O)C12. The molecule has 0 aromatic heterocycles. The molecule has 158 valence electrons. The summed E-state index contributed by atoms with van der Waals surface area (Å²) in [7, 11) is 4.48. The summed E-state index contributed by atoms with van der Waals surface area (Å²) in [6.07, 6.45) is 3.06. The lowest BCUT2D eigenvalue weighted by Gasteiger charge is -2.28. The van der Waals surface area contributed by atoms with Gasteiger partial charge in [-0.15, -0.1) is 4.99 Å². The van der Waals surface area contributed by atoms with Crippen LogP contribution in [-0.4, -0.2) is 73.8 Å². The van der Waals surface area contributed by atoms with Crippen molar-refractivity contribution in [2.45, 2.75) is 6.92 Å². The van der Waals surface area contributed by atoms with Crippen LogP contribution in [0.3, 0.4) is 0 Å². The molecule has 1 aromatic carbocycles. The number of amidine groups is 1. The highest BCUT2D eigenvalue weighted by Gasteiger charge is 2.50. The summed E-state index contributed by atoms with van der Waals surface area (Å²) in [5, 5.41) is 2.66. The lowest BCUT2D eigenvalue weighted by molar-refractivity contribution is -0.408. The molecule has 1 atom stereocenters. The molecule has 2 heterocycles. The van der Waals surface area contributed by atoms with E-state index in [2.05, 4.69) is 10.3 Å². The van der Waals surface area contributed by atoms with Crippen LogP contribution in [0.15, 0.2) is 35.0 Å². The summed E-state index contributed by atoms with van der Waals surface area (Å²) in [4.78, 5) is 43.4. The fraction of sp³-hybridized carbons (Fsp3) is 0.350. The van der Waals surface area contributed by atoms with E-state index in [4.69, 9.17) is 14.2 Å². The molecule has 1 unspecified atom stereocenters. The average Bonchev–Trinajstić information content (AvgIpc) is 2.75. The molecule has 0 saturated heterocycles. The van der Waals surface area contributed by atoms with Gasteiger partial charge in [-0.3, -0.25) is 9.59 Å². The third-order valence-electron chi connectivity index (χ3n) is 4.66. The lowest BCUT2D eigenvalue weighted by atomic mass is 9.99. The number of amides is 4. The van der Waals surface area contributed by atoms with Gasteiger partial charge in [-0.25, -0.2) is 4.79 Å². The number of hydrogen-bond acceptors (Lipinski definition) is 7. The number of allylic oxidation sites excluding steroid dienone is 1. The maximum atomic E-state index is 13.0. The summed E-state index contributed by atoms with van der Waals surface area (Å²) < 4.78 is 17.2. The second-order valence-corrected chi connectivity index (χ2v) is 6.45. The van der Waals surface area contributed by atoms with Crippen molar-refractivity contribution in [2.75, 3.05) is 39.7 Å². The lowest BCUT2D eigenvalue weighted by Crippen LogP contribution is -2.56. The predicted molar refractivity (Wildman–Crippen MR) is 108 cm³/mol. The van der Waals surface area contributed by atoms with Crippen molar-refractivity contribution < 1.29 is 33.2 Å². The van der Waals surface area contributed by atoms with E-state index in [-0.39, 0.29) is 5.84 Å². The number of anilines is 1. The van der Waals surface area contributed by atoms with Crippen molar-refractivity contribution in [3.63, 3.8) is 0 Å². The fourth-order valence-electron chi connectivity index (χ4n) is 3.21. The Kier molecular flexibility index (Phi) is 6.14. The molecule has 0 bridgehead atoms. The molecule has 2 aliphatic heterocycles. The number of fused-ring (bicyclic) bond motifs is 1. The first kappa shape index (κ1) is 21.0. The first-order valence-electron chi connectivity index (χ1n) is 9.26. The van der Waals surface area contributed by atoms with E-state index in [0.717, 1.165) is 4.90 Å². The number of hydrogen-bond donors (Lipinski definition) is 1. The van der Waals surface area contributed by atoms with Gasteiger partial charge in [0.2, 0.25) is 0 Å². The standard InChI is InChI=1S/C20H22N4O6/c1-5-30-14-8-9-21-18-17(14)19(26)24(20(27)23(18)2)11-16(25)22-13-7-6-12(28-3)10-15(13)29-4/h6-10,17H,5,11H2,1-4H3/p+1. The van der Waals surface area contributed by atoms with Crippen molar-refractivity contribution in [1.82, 2.24) is 4.90 Å². The molecule has 3 rings (SSSR count). The highest BCUT2D eigenvalue weighted by atomic mass is 16.5. The topological polar surface area (TPSA) is 110 Å². The third-order valence-corrected chi connectivity index (χ3v) is 4.66. The minimum atomic E-state index is -0.874. The highest BCUT2D eigenvalue weighted by Crippen LogP contribution is 2.29. The molecule has 10 nitrogen and oxygen atoms in total. The number of aliphatic imine (C=N–C) groups is 1. The number of nitrogens with zero attached hydrogens (tertiary/aromatic N) is 3. The van der Waals surface area contributed by atoms with Gasteiger partial charge >= 0.3 is 11.9 Å². The van der Waals surface area contributed by atoms with Gasteiger partial charge in [0.1, 0.15) is 23.5 Å². The summed E-state index contributed by atoms with van der Waals surface area (Å²) in [6, 6.07) is 4.24. The number of ether oxygens (including phenoxy) is 3. The van der Waals surface area contributed by atoms with Crippen LogP contribution in [0.25, 0.3) is 0 Å². The van der Waals surface area contributed by atoms with E-state index >= 15 is 0 Å². The zero-order chi connectivity index (χ0) is 21.8. The summed E-state index contributed by atoms with van der Waals surface area (Å²) >= 11 is 0. The normalized spacial score (nSPS) is 18.1. The molecule has 1 N–H and O–H groups in total.